The number of alkyl carbamates (subject to hydrolysis) is 1. The summed E-state index contributed by atoms with van der Waals surface area (Å²) in [6.07, 6.45) is 2.43. The molecule has 7 heteroatoms. The van der Waals surface area contributed by atoms with Crippen LogP contribution in [0.15, 0.2) is 12.1 Å². The Kier molecular flexibility index (Phi) is 5.80. The second-order valence-electron chi connectivity index (χ2n) is 8.57. The Hall–Kier alpha value is -1.95. The number of benzene rings is 1. The lowest BCUT2D eigenvalue weighted by Gasteiger charge is -2.23. The summed E-state index contributed by atoms with van der Waals surface area (Å²) < 4.78 is 16.4. The maximum Gasteiger partial charge on any atom is 0.408 e. The van der Waals surface area contributed by atoms with Crippen molar-refractivity contribution in [1.29, 1.82) is 0 Å². The molecule has 1 fully saturated rings. The van der Waals surface area contributed by atoms with Crippen molar-refractivity contribution in [3.63, 3.8) is 0 Å². The predicted molar refractivity (Wildman–Crippen MR) is 106 cm³/mol. The fourth-order valence-electron chi connectivity index (χ4n) is 3.37. The molecular formula is C21H28ClNO5. The number of carbonyl (C=O) groups is 2. The van der Waals surface area contributed by atoms with E-state index in [0.29, 0.717) is 36.8 Å². The van der Waals surface area contributed by atoms with Crippen molar-refractivity contribution in [1.82, 2.24) is 5.32 Å². The minimum Gasteiger partial charge on any atom is -0.490 e. The zero-order valence-electron chi connectivity index (χ0n) is 16.9. The summed E-state index contributed by atoms with van der Waals surface area (Å²) in [7, 11) is 0. The van der Waals surface area contributed by atoms with Gasteiger partial charge in [-0.05, 0) is 70.6 Å². The van der Waals surface area contributed by atoms with Crippen molar-refractivity contribution < 1.29 is 23.8 Å². The Morgan fingerprint density at radius 2 is 1.96 bits per heavy atom. The number of esters is 1. The first-order valence-electron chi connectivity index (χ1n) is 9.73. The van der Waals surface area contributed by atoms with Gasteiger partial charge < -0.3 is 19.5 Å². The summed E-state index contributed by atoms with van der Waals surface area (Å²) in [6, 6.07) is 3.79. The van der Waals surface area contributed by atoms with Crippen molar-refractivity contribution in [2.45, 2.75) is 64.5 Å². The van der Waals surface area contributed by atoms with E-state index in [4.69, 9.17) is 25.8 Å². The number of rotatable bonds is 6. The van der Waals surface area contributed by atoms with E-state index < -0.39 is 17.2 Å². The molecule has 0 radical (unpaired) electrons. The maximum atomic E-state index is 12.0. The third kappa shape index (κ3) is 4.90. The van der Waals surface area contributed by atoms with E-state index >= 15 is 0 Å². The Morgan fingerprint density at radius 3 is 2.57 bits per heavy atom. The third-order valence-corrected chi connectivity index (χ3v) is 5.38. The van der Waals surface area contributed by atoms with Crippen LogP contribution in [-0.4, -0.2) is 36.4 Å². The molecular weight excluding hydrogens is 382 g/mol. The van der Waals surface area contributed by atoms with Gasteiger partial charge in [0.15, 0.2) is 0 Å². The van der Waals surface area contributed by atoms with E-state index in [2.05, 4.69) is 5.32 Å². The van der Waals surface area contributed by atoms with Crippen LogP contribution >= 0.6 is 11.6 Å². The van der Waals surface area contributed by atoms with Gasteiger partial charge >= 0.3 is 12.1 Å². The highest BCUT2D eigenvalue weighted by Crippen LogP contribution is 2.41. The molecule has 28 heavy (non-hydrogen) atoms. The van der Waals surface area contributed by atoms with E-state index in [1.165, 1.54) is 0 Å². The van der Waals surface area contributed by atoms with Gasteiger partial charge in [-0.1, -0.05) is 17.7 Å². The highest BCUT2D eigenvalue weighted by molar-refractivity contribution is 6.33. The van der Waals surface area contributed by atoms with Gasteiger partial charge in [-0.3, -0.25) is 4.79 Å². The number of halogens is 1. The molecule has 0 aliphatic heterocycles. The number of hydrogen-bond donors (Lipinski definition) is 1. The molecule has 0 saturated heterocycles. The molecule has 0 heterocycles. The first-order chi connectivity index (χ1) is 13.1. The number of nitrogens with one attached hydrogen (secondary N) is 1. The Bertz CT molecular complexity index is 767. The molecule has 1 saturated carbocycles. The molecule has 2 aliphatic carbocycles. The molecule has 1 aromatic carbocycles. The average Bonchev–Trinajstić information content (AvgIpc) is 3.18. The summed E-state index contributed by atoms with van der Waals surface area (Å²) in [5.74, 6) is 0.198. The standard InChI is InChI=1S/C21H28ClNO5/c1-5-26-18(24)14-10-13-6-7-16(17(22)15(13)11-14)27-12-21(8-9-21)23-19(25)28-20(2,3)4/h6-7,14H,5,8-12H2,1-4H3,(H,23,25). The minimum absolute atomic E-state index is 0.185. The quantitative estimate of drug-likeness (QED) is 0.717. The van der Waals surface area contributed by atoms with E-state index in [1.54, 1.807) is 6.92 Å². The first-order valence-corrected chi connectivity index (χ1v) is 10.1. The molecule has 0 aromatic heterocycles. The normalized spacial score (nSPS) is 19.5. The summed E-state index contributed by atoms with van der Waals surface area (Å²) in [5, 5.41) is 3.45. The average molecular weight is 410 g/mol. The number of hydrogen-bond acceptors (Lipinski definition) is 5. The van der Waals surface area contributed by atoms with Crippen LogP contribution in [0.2, 0.25) is 5.02 Å². The number of carbonyl (C=O) groups excluding carboxylic acids is 2. The molecule has 1 unspecified atom stereocenters. The summed E-state index contributed by atoms with van der Waals surface area (Å²) in [6.45, 7) is 7.99. The van der Waals surface area contributed by atoms with Crippen molar-refractivity contribution in [2.24, 2.45) is 5.92 Å². The van der Waals surface area contributed by atoms with Gasteiger partial charge in [0, 0.05) is 0 Å². The molecule has 0 bridgehead atoms. The van der Waals surface area contributed by atoms with Crippen LogP contribution in [0.5, 0.6) is 5.75 Å². The molecule has 1 N–H and O–H groups in total. The molecule has 6 nitrogen and oxygen atoms in total. The first kappa shape index (κ1) is 20.8. The molecule has 2 aliphatic rings. The van der Waals surface area contributed by atoms with Crippen LogP contribution in [0, 0.1) is 5.92 Å². The van der Waals surface area contributed by atoms with Gasteiger partial charge in [0.1, 0.15) is 18.0 Å². The summed E-state index contributed by atoms with van der Waals surface area (Å²) in [5.41, 5.74) is 1.06. The molecule has 1 atom stereocenters. The van der Waals surface area contributed by atoms with Gasteiger partial charge in [-0.2, -0.15) is 0 Å². The van der Waals surface area contributed by atoms with Gasteiger partial charge in [0.05, 0.1) is 23.1 Å². The number of ether oxygens (including phenoxy) is 3. The van der Waals surface area contributed by atoms with Crippen LogP contribution in [0.1, 0.15) is 51.7 Å². The molecule has 1 amide bonds. The van der Waals surface area contributed by atoms with Gasteiger partial charge in [-0.25, -0.2) is 4.79 Å². The zero-order chi connectivity index (χ0) is 20.5. The largest absolute Gasteiger partial charge is 0.490 e. The smallest absolute Gasteiger partial charge is 0.408 e. The summed E-state index contributed by atoms with van der Waals surface area (Å²) in [4.78, 5) is 24.1. The van der Waals surface area contributed by atoms with Crippen molar-refractivity contribution >= 4 is 23.7 Å². The Labute approximate surface area is 170 Å². The zero-order valence-corrected chi connectivity index (χ0v) is 17.6. The molecule has 1 aromatic rings. The SMILES string of the molecule is CCOC(=O)C1Cc2ccc(OCC3(NC(=O)OC(C)(C)C)CC3)c(Cl)c2C1. The molecule has 3 rings (SSSR count). The lowest BCUT2D eigenvalue weighted by Crippen LogP contribution is -2.44. The van der Waals surface area contributed by atoms with Crippen molar-refractivity contribution in [3.8, 4) is 5.75 Å². The predicted octanol–water partition coefficient (Wildman–Crippen LogP) is 4.05. The second-order valence-corrected chi connectivity index (χ2v) is 8.95. The highest BCUT2D eigenvalue weighted by Gasteiger charge is 2.46. The van der Waals surface area contributed by atoms with Crippen LogP contribution in [0.3, 0.4) is 0 Å². The van der Waals surface area contributed by atoms with E-state index in [9.17, 15) is 9.59 Å². The maximum absolute atomic E-state index is 12.0. The topological polar surface area (TPSA) is 73.9 Å². The van der Waals surface area contributed by atoms with E-state index in [0.717, 1.165) is 24.0 Å². The monoisotopic (exact) mass is 409 g/mol. The fourth-order valence-corrected chi connectivity index (χ4v) is 3.68. The summed E-state index contributed by atoms with van der Waals surface area (Å²) >= 11 is 6.55. The molecule has 154 valence electrons. The van der Waals surface area contributed by atoms with Gasteiger partial charge in [0.2, 0.25) is 0 Å². The third-order valence-electron chi connectivity index (χ3n) is 4.97. The van der Waals surface area contributed by atoms with Crippen molar-refractivity contribution in [2.75, 3.05) is 13.2 Å². The van der Waals surface area contributed by atoms with Gasteiger partial charge in [-0.15, -0.1) is 0 Å². The lowest BCUT2D eigenvalue weighted by atomic mass is 10.1. The van der Waals surface area contributed by atoms with Crippen LogP contribution < -0.4 is 10.1 Å². The van der Waals surface area contributed by atoms with E-state index in [1.807, 2.05) is 32.9 Å². The van der Waals surface area contributed by atoms with E-state index in [-0.39, 0.29) is 11.9 Å². The Morgan fingerprint density at radius 1 is 1.25 bits per heavy atom. The molecule has 0 spiro atoms. The highest BCUT2D eigenvalue weighted by atomic mass is 35.5. The number of fused-ring (bicyclic) bond motifs is 1. The minimum atomic E-state index is -0.542. The number of amides is 1. The van der Waals surface area contributed by atoms with Gasteiger partial charge in [0.25, 0.3) is 0 Å². The fraction of sp³-hybridized carbons (Fsp3) is 0.619. The second kappa shape index (κ2) is 7.82. The van der Waals surface area contributed by atoms with Crippen LogP contribution in [0.25, 0.3) is 0 Å². The Balaban J connectivity index is 1.60. The lowest BCUT2D eigenvalue weighted by molar-refractivity contribution is -0.147. The van der Waals surface area contributed by atoms with Crippen LogP contribution in [-0.2, 0) is 27.1 Å². The van der Waals surface area contributed by atoms with Crippen LogP contribution in [0.4, 0.5) is 4.79 Å². The van der Waals surface area contributed by atoms with Crippen molar-refractivity contribution in [3.05, 3.63) is 28.3 Å².